The van der Waals surface area contributed by atoms with Crippen LogP contribution in [0.4, 0.5) is 0 Å². The predicted octanol–water partition coefficient (Wildman–Crippen LogP) is 4.57. The molecule has 0 bridgehead atoms. The summed E-state index contributed by atoms with van der Waals surface area (Å²) >= 11 is 0. The molecule has 0 amide bonds. The minimum Gasteiger partial charge on any atom is -0.481 e. The van der Waals surface area contributed by atoms with Crippen molar-refractivity contribution in [2.75, 3.05) is 0 Å². The molecule has 0 aliphatic heterocycles. The average molecular weight is 238 g/mol. The standard InChI is InChI=1S/C15H26O2/c1-3-5-6-7-8-9-10-11-13-14(12-4-2)15(16)17/h4,9-10,14H,2-3,5-8,11-13H2,1H3,(H,16,17). The number of carboxylic acids is 1. The predicted molar refractivity (Wildman–Crippen MR) is 73.1 cm³/mol. The van der Waals surface area contributed by atoms with Gasteiger partial charge in [0.05, 0.1) is 5.92 Å². The lowest BCUT2D eigenvalue weighted by Crippen LogP contribution is -2.12. The second-order valence-corrected chi connectivity index (χ2v) is 4.46. The Morgan fingerprint density at radius 2 is 1.94 bits per heavy atom. The van der Waals surface area contributed by atoms with Gasteiger partial charge in [-0.1, -0.05) is 44.4 Å². The summed E-state index contributed by atoms with van der Waals surface area (Å²) in [5.41, 5.74) is 0. The van der Waals surface area contributed by atoms with Crippen molar-refractivity contribution in [2.24, 2.45) is 5.92 Å². The van der Waals surface area contributed by atoms with Crippen LogP contribution in [0.2, 0.25) is 0 Å². The van der Waals surface area contributed by atoms with E-state index in [9.17, 15) is 4.79 Å². The van der Waals surface area contributed by atoms with Crippen molar-refractivity contribution in [1.29, 1.82) is 0 Å². The Balaban J connectivity index is 3.55. The molecule has 0 aliphatic carbocycles. The van der Waals surface area contributed by atoms with Crippen LogP contribution in [0.1, 0.15) is 58.3 Å². The van der Waals surface area contributed by atoms with Crippen LogP contribution in [0.5, 0.6) is 0 Å². The summed E-state index contributed by atoms with van der Waals surface area (Å²) in [5.74, 6) is -0.974. The molecule has 0 aromatic heterocycles. The van der Waals surface area contributed by atoms with Crippen molar-refractivity contribution in [3.05, 3.63) is 24.8 Å². The normalized spacial score (nSPS) is 12.8. The van der Waals surface area contributed by atoms with E-state index in [0.717, 1.165) is 12.8 Å². The number of allylic oxidation sites excluding steroid dienone is 3. The first-order chi connectivity index (χ1) is 8.22. The first-order valence-electron chi connectivity index (χ1n) is 6.71. The van der Waals surface area contributed by atoms with Crippen LogP contribution in [0.25, 0.3) is 0 Å². The Morgan fingerprint density at radius 1 is 1.24 bits per heavy atom. The minimum absolute atomic E-state index is 0.266. The van der Waals surface area contributed by atoms with Gasteiger partial charge >= 0.3 is 5.97 Å². The zero-order valence-corrected chi connectivity index (χ0v) is 11.0. The topological polar surface area (TPSA) is 37.3 Å². The lowest BCUT2D eigenvalue weighted by molar-refractivity contribution is -0.141. The fourth-order valence-electron chi connectivity index (χ4n) is 1.77. The monoisotopic (exact) mass is 238 g/mol. The quantitative estimate of drug-likeness (QED) is 0.423. The van der Waals surface area contributed by atoms with Gasteiger partial charge in [-0.2, -0.15) is 0 Å². The molecular weight excluding hydrogens is 212 g/mol. The molecule has 0 aromatic rings. The Hall–Kier alpha value is -1.05. The Labute approximate surface area is 105 Å². The van der Waals surface area contributed by atoms with Crippen LogP contribution in [-0.2, 0) is 4.79 Å². The highest BCUT2D eigenvalue weighted by atomic mass is 16.4. The van der Waals surface area contributed by atoms with Gasteiger partial charge in [0.15, 0.2) is 0 Å². The van der Waals surface area contributed by atoms with Crippen molar-refractivity contribution < 1.29 is 9.90 Å². The molecule has 1 atom stereocenters. The highest BCUT2D eigenvalue weighted by Crippen LogP contribution is 2.13. The molecule has 0 saturated carbocycles. The average Bonchev–Trinajstić information content (AvgIpc) is 2.31. The summed E-state index contributed by atoms with van der Waals surface area (Å²) in [6.07, 6.45) is 14.4. The molecule has 2 nitrogen and oxygen atoms in total. The number of rotatable bonds is 11. The van der Waals surface area contributed by atoms with E-state index in [1.54, 1.807) is 6.08 Å². The molecule has 0 spiro atoms. The van der Waals surface area contributed by atoms with Crippen molar-refractivity contribution in [3.63, 3.8) is 0 Å². The second-order valence-electron chi connectivity index (χ2n) is 4.46. The molecule has 2 heteroatoms. The van der Waals surface area contributed by atoms with E-state index in [-0.39, 0.29) is 5.92 Å². The fourth-order valence-corrected chi connectivity index (χ4v) is 1.77. The third-order valence-electron chi connectivity index (χ3n) is 2.87. The summed E-state index contributed by atoms with van der Waals surface area (Å²) in [6, 6.07) is 0. The van der Waals surface area contributed by atoms with Crippen LogP contribution >= 0.6 is 0 Å². The summed E-state index contributed by atoms with van der Waals surface area (Å²) < 4.78 is 0. The van der Waals surface area contributed by atoms with Gasteiger partial charge in [0.1, 0.15) is 0 Å². The van der Waals surface area contributed by atoms with Gasteiger partial charge < -0.3 is 5.11 Å². The van der Waals surface area contributed by atoms with E-state index in [1.165, 1.54) is 25.7 Å². The van der Waals surface area contributed by atoms with Gasteiger partial charge in [0.2, 0.25) is 0 Å². The Bertz CT molecular complexity index is 231. The number of carboxylic acid groups (broad SMARTS) is 1. The molecule has 1 N–H and O–H groups in total. The van der Waals surface area contributed by atoms with E-state index in [2.05, 4.69) is 25.7 Å². The summed E-state index contributed by atoms with van der Waals surface area (Å²) in [6.45, 7) is 5.80. The van der Waals surface area contributed by atoms with E-state index >= 15 is 0 Å². The molecule has 0 heterocycles. The maximum atomic E-state index is 10.9. The van der Waals surface area contributed by atoms with Gasteiger partial charge in [-0.05, 0) is 32.1 Å². The maximum absolute atomic E-state index is 10.9. The van der Waals surface area contributed by atoms with Gasteiger partial charge in [0, 0.05) is 0 Å². The molecular formula is C15H26O2. The van der Waals surface area contributed by atoms with Crippen molar-refractivity contribution >= 4 is 5.97 Å². The van der Waals surface area contributed by atoms with Crippen LogP contribution in [0, 0.1) is 5.92 Å². The molecule has 17 heavy (non-hydrogen) atoms. The summed E-state index contributed by atoms with van der Waals surface area (Å²) in [7, 11) is 0. The van der Waals surface area contributed by atoms with Crippen molar-refractivity contribution in [2.45, 2.75) is 58.3 Å². The van der Waals surface area contributed by atoms with E-state index in [0.29, 0.717) is 12.8 Å². The summed E-state index contributed by atoms with van der Waals surface area (Å²) in [4.78, 5) is 10.9. The van der Waals surface area contributed by atoms with Crippen LogP contribution in [0.3, 0.4) is 0 Å². The molecule has 1 unspecified atom stereocenters. The molecule has 0 saturated heterocycles. The van der Waals surface area contributed by atoms with E-state index in [1.807, 2.05) is 0 Å². The van der Waals surface area contributed by atoms with Crippen molar-refractivity contribution in [1.82, 2.24) is 0 Å². The molecule has 0 aliphatic rings. The van der Waals surface area contributed by atoms with Gasteiger partial charge in [-0.25, -0.2) is 0 Å². The molecule has 0 aromatic carbocycles. The zero-order valence-electron chi connectivity index (χ0n) is 11.0. The van der Waals surface area contributed by atoms with E-state index in [4.69, 9.17) is 5.11 Å². The first kappa shape index (κ1) is 16.0. The van der Waals surface area contributed by atoms with Gasteiger partial charge in [-0.3, -0.25) is 4.79 Å². The molecule has 0 rings (SSSR count). The van der Waals surface area contributed by atoms with E-state index < -0.39 is 5.97 Å². The SMILES string of the molecule is C=CCC(CCC=CCCCCCC)C(=O)O. The smallest absolute Gasteiger partial charge is 0.306 e. The third kappa shape index (κ3) is 9.86. The molecule has 0 radical (unpaired) electrons. The number of hydrogen-bond donors (Lipinski definition) is 1. The lowest BCUT2D eigenvalue weighted by Gasteiger charge is -2.07. The van der Waals surface area contributed by atoms with Crippen LogP contribution < -0.4 is 0 Å². The maximum Gasteiger partial charge on any atom is 0.306 e. The molecule has 98 valence electrons. The Morgan fingerprint density at radius 3 is 2.53 bits per heavy atom. The second kappa shape index (κ2) is 11.4. The highest BCUT2D eigenvalue weighted by Gasteiger charge is 2.13. The van der Waals surface area contributed by atoms with Gasteiger partial charge in [-0.15, -0.1) is 6.58 Å². The minimum atomic E-state index is -0.707. The largest absolute Gasteiger partial charge is 0.481 e. The van der Waals surface area contributed by atoms with Gasteiger partial charge in [0.25, 0.3) is 0 Å². The number of hydrogen-bond acceptors (Lipinski definition) is 1. The number of aliphatic carboxylic acids is 1. The summed E-state index contributed by atoms with van der Waals surface area (Å²) in [5, 5.41) is 8.93. The molecule has 0 fully saturated rings. The van der Waals surface area contributed by atoms with Crippen molar-refractivity contribution in [3.8, 4) is 0 Å². The van der Waals surface area contributed by atoms with Crippen LogP contribution in [-0.4, -0.2) is 11.1 Å². The Kier molecular flexibility index (Phi) is 10.7. The fraction of sp³-hybridized carbons (Fsp3) is 0.667. The highest BCUT2D eigenvalue weighted by molar-refractivity contribution is 5.70. The number of unbranched alkanes of at least 4 members (excludes halogenated alkanes) is 4. The number of carbonyl (C=O) groups is 1. The first-order valence-corrected chi connectivity index (χ1v) is 6.71. The van der Waals surface area contributed by atoms with Crippen LogP contribution in [0.15, 0.2) is 24.8 Å². The third-order valence-corrected chi connectivity index (χ3v) is 2.87. The lowest BCUT2D eigenvalue weighted by atomic mass is 9.99. The zero-order chi connectivity index (χ0) is 12.9.